The summed E-state index contributed by atoms with van der Waals surface area (Å²) in [6, 6.07) is 5.82. The van der Waals surface area contributed by atoms with Crippen LogP contribution in [-0.2, 0) is 36.4 Å². The minimum absolute atomic E-state index is 0.0409. The van der Waals surface area contributed by atoms with Gasteiger partial charge in [0.25, 0.3) is 0 Å². The number of hydrogen-bond acceptors (Lipinski definition) is 8. The molecule has 3 aromatic rings. The van der Waals surface area contributed by atoms with Gasteiger partial charge in [0.15, 0.2) is 11.6 Å². The van der Waals surface area contributed by atoms with Crippen LogP contribution in [0.15, 0.2) is 30.3 Å². The lowest BCUT2D eigenvalue weighted by molar-refractivity contribution is -0.139. The molecule has 5 heterocycles. The van der Waals surface area contributed by atoms with Crippen molar-refractivity contribution in [2.24, 2.45) is 0 Å². The van der Waals surface area contributed by atoms with Gasteiger partial charge < -0.3 is 30.4 Å². The predicted molar refractivity (Wildman–Crippen MR) is 171 cm³/mol. The van der Waals surface area contributed by atoms with Crippen LogP contribution in [0.1, 0.15) is 87.7 Å². The van der Waals surface area contributed by atoms with Gasteiger partial charge in [-0.15, -0.1) is 0 Å². The molecule has 6 N–H and O–H groups in total. The normalized spacial score (nSPS) is 19.2. The molecule has 2 aliphatic rings. The van der Waals surface area contributed by atoms with E-state index in [0.29, 0.717) is 44.3 Å². The Hall–Kier alpha value is -5.92. The summed E-state index contributed by atoms with van der Waals surface area (Å²) in [7, 11) is 0. The molecule has 0 radical (unpaired) electrons. The van der Waals surface area contributed by atoms with Gasteiger partial charge in [-0.25, -0.2) is 14.8 Å². The largest absolute Gasteiger partial charge is 0.481 e. The molecule has 8 bridgehead atoms. The van der Waals surface area contributed by atoms with E-state index in [0.717, 1.165) is 6.08 Å². The van der Waals surface area contributed by atoms with Crippen molar-refractivity contribution in [2.75, 3.05) is 0 Å². The molecule has 0 saturated heterocycles. The summed E-state index contributed by atoms with van der Waals surface area (Å²) in [5.74, 6) is -6.10. The maximum atomic E-state index is 13.9. The second kappa shape index (κ2) is 12.0. The smallest absolute Gasteiger partial charge is 0.328 e. The van der Waals surface area contributed by atoms with Gasteiger partial charge in [0, 0.05) is 40.1 Å². The number of carbonyl (C=O) groups excluding carboxylic acids is 2. The van der Waals surface area contributed by atoms with Crippen molar-refractivity contribution >= 4 is 63.6 Å². The summed E-state index contributed by atoms with van der Waals surface area (Å²) >= 11 is 0. The number of aliphatic carboxylic acids is 4. The summed E-state index contributed by atoms with van der Waals surface area (Å²) in [6.45, 7) is 6.26. The molecule has 5 rings (SSSR count). The highest BCUT2D eigenvalue weighted by atomic mass is 16.4. The number of carbonyl (C=O) groups is 6. The van der Waals surface area contributed by atoms with Gasteiger partial charge in [-0.1, -0.05) is 0 Å². The van der Waals surface area contributed by atoms with Gasteiger partial charge in [-0.05, 0) is 81.1 Å². The lowest BCUT2D eigenvalue weighted by Crippen LogP contribution is -2.32. The van der Waals surface area contributed by atoms with Gasteiger partial charge >= 0.3 is 23.9 Å². The Balaban J connectivity index is 2.00. The third-order valence-electron chi connectivity index (χ3n) is 9.01. The highest BCUT2D eigenvalue weighted by Gasteiger charge is 2.47. The van der Waals surface area contributed by atoms with Gasteiger partial charge in [0.2, 0.25) is 0 Å². The first-order valence-electron chi connectivity index (χ1n) is 14.9. The number of ketones is 2. The molecule has 2 atom stereocenters. The van der Waals surface area contributed by atoms with Gasteiger partial charge in [-0.3, -0.25) is 24.0 Å². The highest BCUT2D eigenvalue weighted by molar-refractivity contribution is 6.09. The topological polar surface area (TPSA) is 241 Å². The van der Waals surface area contributed by atoms with Crippen molar-refractivity contribution in [3.8, 4) is 0 Å². The van der Waals surface area contributed by atoms with Gasteiger partial charge in [-0.2, -0.15) is 0 Å². The van der Waals surface area contributed by atoms with Crippen molar-refractivity contribution in [2.45, 2.75) is 64.2 Å². The molecule has 0 amide bonds. The molecule has 248 valence electrons. The number of rotatable bonds is 9. The van der Waals surface area contributed by atoms with Crippen LogP contribution in [0, 0.1) is 13.8 Å². The lowest BCUT2D eigenvalue weighted by atomic mass is 9.78. The van der Waals surface area contributed by atoms with E-state index in [1.54, 1.807) is 19.9 Å². The SMILES string of the molecule is Cc1c(/C=C/C(=O)O)c2cc3[nH]c(cc4nc(cc5nc(cc1[nH]2)[C@@](C)(CC(=O)O)C5=O)[C@@](C)(CC(=O)O)C4=O)c(C)c3CCC(=O)O. The Labute approximate surface area is 272 Å². The van der Waals surface area contributed by atoms with E-state index < -0.39 is 59.1 Å². The maximum absolute atomic E-state index is 13.9. The second-order valence-corrected chi connectivity index (χ2v) is 12.4. The number of fused-ring (bicyclic) bond motifs is 8. The number of nitrogens with zero attached hydrogens (tertiary/aromatic N) is 2. The molecule has 0 aliphatic carbocycles. The zero-order valence-corrected chi connectivity index (χ0v) is 26.4. The number of aromatic amines is 2. The van der Waals surface area contributed by atoms with Crippen molar-refractivity contribution in [3.05, 3.63) is 75.4 Å². The fourth-order valence-electron chi connectivity index (χ4n) is 6.26. The van der Waals surface area contributed by atoms with Crippen LogP contribution in [0.25, 0.3) is 28.1 Å². The average Bonchev–Trinajstić information content (AvgIpc) is 3.58. The number of H-pyrrole nitrogens is 2. The van der Waals surface area contributed by atoms with Gasteiger partial charge in [0.05, 0.1) is 35.1 Å². The van der Waals surface area contributed by atoms with E-state index >= 15 is 0 Å². The zero-order chi connectivity index (χ0) is 35.3. The number of carboxylic acid groups (broad SMARTS) is 4. The molecular formula is C34H32N4O10. The van der Waals surface area contributed by atoms with Crippen LogP contribution in [0.3, 0.4) is 0 Å². The van der Waals surface area contributed by atoms with E-state index in [1.807, 2.05) is 0 Å². The fraction of sp³-hybridized carbons (Fsp3) is 0.294. The van der Waals surface area contributed by atoms with Crippen molar-refractivity contribution in [3.63, 3.8) is 0 Å². The van der Waals surface area contributed by atoms with Crippen molar-refractivity contribution < 1.29 is 49.2 Å². The Morgan fingerprint density at radius 2 is 1.23 bits per heavy atom. The molecule has 0 aromatic carbocycles. The predicted octanol–water partition coefficient (Wildman–Crippen LogP) is 4.28. The average molecular weight is 657 g/mol. The standard InChI is InChI=1S/C34H32N4O10/c1-15-17(5-7-27(39)40)21-10-22-18(6-8-28(41)42)16(2)20(36-22)11-25-33(3,13-29(43)44)32(48)24(38-25)12-26-34(4,14-30(45)46)31(47)23(37-26)9-19(15)35-21/h6,8-12,35-36H,5,7,13-14H2,1-4H3,(H,39,40)(H,41,42)(H,43,44)(H,45,46)/b8-6+,19-9?,20-11?,21-10?,22-10?,23-9?,24-12?,25-11?,26-12?/t33-,34-/m1/s1. The number of nitrogens with one attached hydrogen (secondary N) is 2. The molecule has 0 spiro atoms. The summed E-state index contributed by atoms with van der Waals surface area (Å²) in [5, 5.41) is 38.3. The zero-order valence-electron chi connectivity index (χ0n) is 26.4. The maximum Gasteiger partial charge on any atom is 0.328 e. The van der Waals surface area contributed by atoms with Crippen molar-refractivity contribution in [1.29, 1.82) is 0 Å². The number of Topliss-reactive ketones (excluding diaryl/α,β-unsaturated/α-hetero) is 2. The summed E-state index contributed by atoms with van der Waals surface area (Å²) in [6.07, 6.45) is 0.916. The molecule has 14 nitrogen and oxygen atoms in total. The van der Waals surface area contributed by atoms with Crippen LogP contribution >= 0.6 is 0 Å². The number of aromatic nitrogens is 4. The van der Waals surface area contributed by atoms with Gasteiger partial charge in [0.1, 0.15) is 11.4 Å². The minimum atomic E-state index is -1.69. The first-order chi connectivity index (χ1) is 22.4. The van der Waals surface area contributed by atoms with E-state index in [1.165, 1.54) is 38.1 Å². The molecule has 0 saturated carbocycles. The second-order valence-electron chi connectivity index (χ2n) is 12.4. The Morgan fingerprint density at radius 3 is 1.77 bits per heavy atom. The molecular weight excluding hydrogens is 624 g/mol. The number of aryl methyl sites for hydroxylation is 3. The third-order valence-corrected chi connectivity index (χ3v) is 9.01. The van der Waals surface area contributed by atoms with E-state index in [4.69, 9.17) is 0 Å². The van der Waals surface area contributed by atoms with Crippen LogP contribution in [0.2, 0.25) is 0 Å². The molecule has 0 fully saturated rings. The van der Waals surface area contributed by atoms with E-state index in [2.05, 4.69) is 19.9 Å². The molecule has 0 unspecified atom stereocenters. The highest BCUT2D eigenvalue weighted by Crippen LogP contribution is 2.39. The Kier molecular flexibility index (Phi) is 8.38. The monoisotopic (exact) mass is 656 g/mol. The molecule has 3 aromatic heterocycles. The van der Waals surface area contributed by atoms with Crippen LogP contribution in [0.5, 0.6) is 0 Å². The summed E-state index contributed by atoms with van der Waals surface area (Å²) in [5.41, 5.74) is 0.222. The van der Waals surface area contributed by atoms with Crippen molar-refractivity contribution in [1.82, 2.24) is 19.9 Å². The fourth-order valence-corrected chi connectivity index (χ4v) is 6.26. The third kappa shape index (κ3) is 5.87. The molecule has 48 heavy (non-hydrogen) atoms. The number of hydrogen-bond donors (Lipinski definition) is 6. The van der Waals surface area contributed by atoms with Crippen LogP contribution in [0.4, 0.5) is 0 Å². The number of carboxylic acids is 4. The van der Waals surface area contributed by atoms with Crippen LogP contribution in [-0.4, -0.2) is 75.8 Å². The molecule has 14 heteroatoms. The first-order valence-corrected chi connectivity index (χ1v) is 14.9. The first kappa shape index (κ1) is 33.4. The molecule has 2 aliphatic heterocycles. The van der Waals surface area contributed by atoms with E-state index in [9.17, 15) is 49.2 Å². The summed E-state index contributed by atoms with van der Waals surface area (Å²) < 4.78 is 0. The summed E-state index contributed by atoms with van der Waals surface area (Å²) in [4.78, 5) is 90.1. The van der Waals surface area contributed by atoms with E-state index in [-0.39, 0.29) is 35.6 Å². The Bertz CT molecular complexity index is 2160. The minimum Gasteiger partial charge on any atom is -0.481 e. The quantitative estimate of drug-likeness (QED) is 0.177. The Morgan fingerprint density at radius 1 is 0.708 bits per heavy atom. The van der Waals surface area contributed by atoms with Crippen LogP contribution < -0.4 is 0 Å². The lowest BCUT2D eigenvalue weighted by Gasteiger charge is -2.20.